The Hall–Kier alpha value is -2.19. The molecule has 6 nitrogen and oxygen atoms in total. The van der Waals surface area contributed by atoms with Gasteiger partial charge in [0.25, 0.3) is 0 Å². The number of hydrogen-bond donors (Lipinski definition) is 1. The average Bonchev–Trinajstić information content (AvgIpc) is 3.11. The third kappa shape index (κ3) is 5.67. The third-order valence-corrected chi connectivity index (χ3v) is 5.81. The first-order chi connectivity index (χ1) is 14.2. The molecule has 29 heavy (non-hydrogen) atoms. The number of benzene rings is 2. The molecule has 0 spiro atoms. The van der Waals surface area contributed by atoms with E-state index in [1.807, 2.05) is 6.07 Å². The molecule has 1 aromatic heterocycles. The topological polar surface area (TPSA) is 63.7 Å². The molecule has 1 fully saturated rings. The minimum Gasteiger partial charge on any atom is -0.493 e. The van der Waals surface area contributed by atoms with Gasteiger partial charge in [0, 0.05) is 24.7 Å². The van der Waals surface area contributed by atoms with Crippen LogP contribution in [-0.4, -0.2) is 48.7 Å². The number of morpholine rings is 1. The van der Waals surface area contributed by atoms with Gasteiger partial charge in [-0.15, -0.1) is 0 Å². The van der Waals surface area contributed by atoms with Crippen molar-refractivity contribution in [3.63, 3.8) is 0 Å². The molecule has 1 N–H and O–H groups in total. The molecule has 152 valence electrons. The van der Waals surface area contributed by atoms with Gasteiger partial charge in [0.15, 0.2) is 5.13 Å². The number of anilines is 1. The van der Waals surface area contributed by atoms with Crippen LogP contribution < -0.4 is 10.1 Å². The van der Waals surface area contributed by atoms with E-state index in [2.05, 4.69) is 27.3 Å². The maximum Gasteiger partial charge on any atom is 0.229 e. The molecule has 0 bridgehead atoms. The van der Waals surface area contributed by atoms with Crippen molar-refractivity contribution in [1.82, 2.24) is 9.88 Å². The summed E-state index contributed by atoms with van der Waals surface area (Å²) in [5.41, 5.74) is 2.14. The smallest absolute Gasteiger partial charge is 0.229 e. The monoisotopic (exact) mass is 431 g/mol. The van der Waals surface area contributed by atoms with Crippen molar-refractivity contribution in [3.05, 3.63) is 53.1 Å². The van der Waals surface area contributed by atoms with Crippen molar-refractivity contribution < 1.29 is 14.3 Å². The summed E-state index contributed by atoms with van der Waals surface area (Å²) in [5.74, 6) is 0.571. The van der Waals surface area contributed by atoms with Gasteiger partial charge in [-0.05, 0) is 42.0 Å². The maximum absolute atomic E-state index is 12.2. The average molecular weight is 432 g/mol. The Bertz CT molecular complexity index is 971. The molecule has 1 aliphatic heterocycles. The van der Waals surface area contributed by atoms with Gasteiger partial charge in [0.1, 0.15) is 5.75 Å². The quantitative estimate of drug-likeness (QED) is 0.607. The highest BCUT2D eigenvalue weighted by molar-refractivity contribution is 7.22. The summed E-state index contributed by atoms with van der Waals surface area (Å²) in [4.78, 5) is 19.1. The van der Waals surface area contributed by atoms with Crippen LogP contribution in [0.1, 0.15) is 12.0 Å². The van der Waals surface area contributed by atoms with Crippen molar-refractivity contribution in [2.75, 3.05) is 38.2 Å². The normalized spacial score (nSPS) is 14.8. The van der Waals surface area contributed by atoms with E-state index in [1.54, 1.807) is 24.3 Å². The molecule has 4 rings (SSSR count). The minimum atomic E-state index is -0.119. The molecule has 1 amide bonds. The summed E-state index contributed by atoms with van der Waals surface area (Å²) in [6.07, 6.45) is 0.251. The number of fused-ring (bicyclic) bond motifs is 1. The van der Waals surface area contributed by atoms with E-state index in [9.17, 15) is 4.79 Å². The maximum atomic E-state index is 12.2. The van der Waals surface area contributed by atoms with Crippen LogP contribution in [0, 0.1) is 0 Å². The van der Waals surface area contributed by atoms with Crippen LogP contribution in [-0.2, 0) is 16.1 Å². The van der Waals surface area contributed by atoms with Gasteiger partial charge in [-0.1, -0.05) is 29.0 Å². The van der Waals surface area contributed by atoms with Crippen molar-refractivity contribution in [1.29, 1.82) is 0 Å². The minimum absolute atomic E-state index is 0.119. The van der Waals surface area contributed by atoms with Crippen LogP contribution in [0.25, 0.3) is 10.2 Å². The number of aromatic nitrogens is 1. The number of nitrogens with zero attached hydrogens (tertiary/aromatic N) is 2. The van der Waals surface area contributed by atoms with E-state index < -0.39 is 0 Å². The van der Waals surface area contributed by atoms with Crippen LogP contribution in [0.4, 0.5) is 5.13 Å². The molecule has 0 unspecified atom stereocenters. The second-order valence-electron chi connectivity index (χ2n) is 6.81. The van der Waals surface area contributed by atoms with Crippen molar-refractivity contribution in [3.8, 4) is 5.75 Å². The van der Waals surface area contributed by atoms with Gasteiger partial charge in [0.05, 0.1) is 36.5 Å². The van der Waals surface area contributed by atoms with Crippen LogP contribution in [0.3, 0.4) is 0 Å². The Kier molecular flexibility index (Phi) is 6.61. The summed E-state index contributed by atoms with van der Waals surface area (Å²) >= 11 is 7.34. The molecule has 1 aliphatic rings. The molecule has 0 saturated carbocycles. The van der Waals surface area contributed by atoms with Gasteiger partial charge in [0.2, 0.25) is 5.91 Å². The van der Waals surface area contributed by atoms with Gasteiger partial charge >= 0.3 is 0 Å². The molecule has 2 heterocycles. The predicted molar refractivity (Wildman–Crippen MR) is 116 cm³/mol. The van der Waals surface area contributed by atoms with Crippen LogP contribution in [0.15, 0.2) is 42.5 Å². The number of ether oxygens (including phenoxy) is 2. The van der Waals surface area contributed by atoms with Gasteiger partial charge in [-0.3, -0.25) is 9.69 Å². The zero-order chi connectivity index (χ0) is 20.1. The molecule has 8 heteroatoms. The third-order valence-electron chi connectivity index (χ3n) is 4.62. The summed E-state index contributed by atoms with van der Waals surface area (Å²) in [6.45, 7) is 4.70. The zero-order valence-corrected chi connectivity index (χ0v) is 17.5. The molecular weight excluding hydrogens is 410 g/mol. The van der Waals surface area contributed by atoms with Gasteiger partial charge < -0.3 is 14.8 Å². The predicted octanol–water partition coefficient (Wildman–Crippen LogP) is 4.19. The number of halogens is 1. The van der Waals surface area contributed by atoms with Crippen molar-refractivity contribution >= 4 is 44.2 Å². The van der Waals surface area contributed by atoms with Gasteiger partial charge in [-0.25, -0.2) is 4.98 Å². The molecule has 3 aromatic rings. The first kappa shape index (κ1) is 20.1. The number of carbonyl (C=O) groups is 1. The largest absolute Gasteiger partial charge is 0.493 e. The molecule has 2 aromatic carbocycles. The molecule has 1 saturated heterocycles. The first-order valence-corrected chi connectivity index (χ1v) is 10.7. The lowest BCUT2D eigenvalue weighted by atomic mass is 10.2. The van der Waals surface area contributed by atoms with E-state index in [-0.39, 0.29) is 12.3 Å². The second kappa shape index (κ2) is 9.54. The molecular formula is C21H22ClN3O3S. The van der Waals surface area contributed by atoms with Crippen LogP contribution in [0.5, 0.6) is 5.75 Å². The SMILES string of the molecule is O=C(CCOc1ccc(Cl)cc1)Nc1nc2ccc(CN3CCOCC3)cc2s1. The number of rotatable bonds is 7. The summed E-state index contributed by atoms with van der Waals surface area (Å²) in [7, 11) is 0. The van der Waals surface area contributed by atoms with E-state index in [4.69, 9.17) is 21.1 Å². The summed E-state index contributed by atoms with van der Waals surface area (Å²) < 4.78 is 12.0. The highest BCUT2D eigenvalue weighted by atomic mass is 35.5. The van der Waals surface area contributed by atoms with Crippen LogP contribution in [0.2, 0.25) is 5.02 Å². The Morgan fingerprint density at radius 1 is 1.21 bits per heavy atom. The Morgan fingerprint density at radius 2 is 2.00 bits per heavy atom. The highest BCUT2D eigenvalue weighted by Crippen LogP contribution is 2.27. The van der Waals surface area contributed by atoms with Crippen molar-refractivity contribution in [2.24, 2.45) is 0 Å². The van der Waals surface area contributed by atoms with E-state index in [0.717, 1.165) is 43.1 Å². The second-order valence-corrected chi connectivity index (χ2v) is 8.28. The molecule has 0 aliphatic carbocycles. The summed E-state index contributed by atoms with van der Waals surface area (Å²) in [5, 5.41) is 4.13. The fraction of sp³-hybridized carbons (Fsp3) is 0.333. The van der Waals surface area contributed by atoms with Crippen molar-refractivity contribution in [2.45, 2.75) is 13.0 Å². The van der Waals surface area contributed by atoms with E-state index >= 15 is 0 Å². The molecule has 0 atom stereocenters. The lowest BCUT2D eigenvalue weighted by Gasteiger charge is -2.26. The fourth-order valence-electron chi connectivity index (χ4n) is 3.11. The highest BCUT2D eigenvalue weighted by Gasteiger charge is 2.13. The number of nitrogens with one attached hydrogen (secondary N) is 1. The van der Waals surface area contributed by atoms with E-state index in [0.29, 0.717) is 22.5 Å². The number of amides is 1. The Labute approximate surface area is 178 Å². The number of thiazole rings is 1. The fourth-order valence-corrected chi connectivity index (χ4v) is 4.18. The van der Waals surface area contributed by atoms with E-state index in [1.165, 1.54) is 16.9 Å². The Morgan fingerprint density at radius 3 is 2.79 bits per heavy atom. The number of hydrogen-bond acceptors (Lipinski definition) is 6. The first-order valence-electron chi connectivity index (χ1n) is 9.53. The standard InChI is InChI=1S/C21H22ClN3O3S/c22-16-2-4-17(5-3-16)28-10-7-20(26)24-21-23-18-6-1-15(13-19(18)29-21)14-25-8-11-27-12-9-25/h1-6,13H,7-12,14H2,(H,23,24,26). The Balaban J connectivity index is 1.30. The zero-order valence-electron chi connectivity index (χ0n) is 15.9. The lowest BCUT2D eigenvalue weighted by Crippen LogP contribution is -2.35. The van der Waals surface area contributed by atoms with Crippen LogP contribution >= 0.6 is 22.9 Å². The summed E-state index contributed by atoms with van der Waals surface area (Å²) in [6, 6.07) is 13.3. The van der Waals surface area contributed by atoms with Gasteiger partial charge in [-0.2, -0.15) is 0 Å². The lowest BCUT2D eigenvalue weighted by molar-refractivity contribution is -0.116. The molecule has 0 radical (unpaired) electrons. The number of carbonyl (C=O) groups excluding carboxylic acids is 1.